The van der Waals surface area contributed by atoms with Gasteiger partial charge in [-0.2, -0.15) is 0 Å². The van der Waals surface area contributed by atoms with Crippen LogP contribution in [0.3, 0.4) is 0 Å². The van der Waals surface area contributed by atoms with Crippen LogP contribution < -0.4 is 10.6 Å². The van der Waals surface area contributed by atoms with Gasteiger partial charge < -0.3 is 10.6 Å². The molecule has 2 aromatic rings. The van der Waals surface area contributed by atoms with E-state index in [1.807, 2.05) is 41.3 Å². The van der Waals surface area contributed by atoms with Gasteiger partial charge in [-0.25, -0.2) is 0 Å². The van der Waals surface area contributed by atoms with Gasteiger partial charge in [-0.1, -0.05) is 29.8 Å². The normalized spacial score (nSPS) is 19.6. The lowest BCUT2D eigenvalue weighted by molar-refractivity contribution is -0.524. The van der Waals surface area contributed by atoms with Crippen molar-refractivity contribution in [1.29, 1.82) is 0 Å². The first kappa shape index (κ1) is 17.5. The summed E-state index contributed by atoms with van der Waals surface area (Å²) >= 11 is 6.08. The third-order valence-electron chi connectivity index (χ3n) is 4.71. The number of nitrogens with two attached hydrogens (primary N) is 1. The fourth-order valence-corrected chi connectivity index (χ4v) is 3.50. The van der Waals surface area contributed by atoms with E-state index in [0.717, 1.165) is 17.8 Å². The van der Waals surface area contributed by atoms with Crippen molar-refractivity contribution in [1.82, 2.24) is 4.90 Å². The molecule has 0 amide bonds. The number of rotatable bonds is 4. The lowest BCUT2D eigenvalue weighted by atomic mass is 10.1. The molecule has 0 saturated carbocycles. The minimum atomic E-state index is -0.808. The Hall–Kier alpha value is -2.31. The fraction of sp³-hybridized carbons (Fsp3) is 0.333. The standard InChI is InChI=1S/C18H21ClN4O2/c1-13(14-4-2-5-15(19)10-14)21-8-9-22(18(12-21)23(24)25)17-7-3-6-16(20)11-17/h2-7,10-11,13,18H,8-9,12,20H2,1H3. The Bertz CT molecular complexity index is 770. The van der Waals surface area contributed by atoms with E-state index in [1.165, 1.54) is 0 Å². The van der Waals surface area contributed by atoms with Gasteiger partial charge in [0.05, 0.1) is 6.54 Å². The molecule has 2 unspecified atom stereocenters. The number of halogens is 1. The van der Waals surface area contributed by atoms with Crippen molar-refractivity contribution in [2.75, 3.05) is 30.3 Å². The molecule has 25 heavy (non-hydrogen) atoms. The molecule has 3 rings (SSSR count). The van der Waals surface area contributed by atoms with Crippen LogP contribution in [0, 0.1) is 10.1 Å². The van der Waals surface area contributed by atoms with Crippen molar-refractivity contribution in [3.63, 3.8) is 0 Å². The third-order valence-corrected chi connectivity index (χ3v) is 4.94. The number of nitrogens with zero attached hydrogens (tertiary/aromatic N) is 3. The lowest BCUT2D eigenvalue weighted by Gasteiger charge is -2.40. The van der Waals surface area contributed by atoms with Gasteiger partial charge in [-0.15, -0.1) is 0 Å². The quantitative estimate of drug-likeness (QED) is 0.513. The third kappa shape index (κ3) is 3.86. The van der Waals surface area contributed by atoms with Crippen LogP contribution >= 0.6 is 11.6 Å². The predicted octanol–water partition coefficient (Wildman–Crippen LogP) is 3.41. The molecule has 2 atom stereocenters. The van der Waals surface area contributed by atoms with Crippen LogP contribution in [-0.2, 0) is 0 Å². The van der Waals surface area contributed by atoms with Gasteiger partial charge in [0.25, 0.3) is 6.17 Å². The second-order valence-corrected chi connectivity index (χ2v) is 6.72. The molecule has 1 fully saturated rings. The minimum Gasteiger partial charge on any atom is -0.399 e. The molecule has 0 spiro atoms. The second-order valence-electron chi connectivity index (χ2n) is 6.28. The maximum absolute atomic E-state index is 11.7. The van der Waals surface area contributed by atoms with Gasteiger partial charge in [0, 0.05) is 40.5 Å². The summed E-state index contributed by atoms with van der Waals surface area (Å²) in [4.78, 5) is 15.4. The highest BCUT2D eigenvalue weighted by atomic mass is 35.5. The Balaban J connectivity index is 1.80. The average molecular weight is 361 g/mol. The first-order chi connectivity index (χ1) is 12.0. The van der Waals surface area contributed by atoms with Crippen LogP contribution in [0.15, 0.2) is 48.5 Å². The highest BCUT2D eigenvalue weighted by molar-refractivity contribution is 6.30. The number of hydrogen-bond acceptors (Lipinski definition) is 5. The minimum absolute atomic E-state index is 0.0594. The molecule has 2 aromatic carbocycles. The maximum atomic E-state index is 11.7. The highest BCUT2D eigenvalue weighted by Gasteiger charge is 2.37. The van der Waals surface area contributed by atoms with Crippen molar-refractivity contribution in [2.45, 2.75) is 19.1 Å². The van der Waals surface area contributed by atoms with Crippen molar-refractivity contribution >= 4 is 23.0 Å². The highest BCUT2D eigenvalue weighted by Crippen LogP contribution is 2.28. The summed E-state index contributed by atoms with van der Waals surface area (Å²) in [6, 6.07) is 15.0. The van der Waals surface area contributed by atoms with E-state index in [0.29, 0.717) is 23.8 Å². The van der Waals surface area contributed by atoms with Gasteiger partial charge in [-0.3, -0.25) is 15.0 Å². The molecule has 2 N–H and O–H groups in total. The summed E-state index contributed by atoms with van der Waals surface area (Å²) in [7, 11) is 0. The number of nitrogen functional groups attached to an aromatic ring is 1. The molecule has 1 saturated heterocycles. The lowest BCUT2D eigenvalue weighted by Crippen LogP contribution is -2.57. The molecule has 0 aliphatic carbocycles. The Labute approximate surface area is 151 Å². The zero-order valence-corrected chi connectivity index (χ0v) is 14.8. The zero-order valence-electron chi connectivity index (χ0n) is 14.0. The van der Waals surface area contributed by atoms with E-state index in [4.69, 9.17) is 17.3 Å². The first-order valence-electron chi connectivity index (χ1n) is 8.21. The molecule has 0 radical (unpaired) electrons. The van der Waals surface area contributed by atoms with Crippen molar-refractivity contribution in [3.8, 4) is 0 Å². The van der Waals surface area contributed by atoms with Crippen LogP contribution in [0.5, 0.6) is 0 Å². The van der Waals surface area contributed by atoms with Gasteiger partial charge in [0.2, 0.25) is 0 Å². The largest absolute Gasteiger partial charge is 0.399 e. The van der Waals surface area contributed by atoms with E-state index in [9.17, 15) is 10.1 Å². The van der Waals surface area contributed by atoms with Crippen molar-refractivity contribution in [3.05, 3.63) is 69.2 Å². The number of hydrogen-bond donors (Lipinski definition) is 1. The molecular formula is C18H21ClN4O2. The molecule has 6 nitrogen and oxygen atoms in total. The van der Waals surface area contributed by atoms with E-state index in [-0.39, 0.29) is 11.0 Å². The SMILES string of the molecule is CC(c1cccc(Cl)c1)N1CCN(c2cccc(N)c2)C([N+](=O)[O-])C1. The van der Waals surface area contributed by atoms with Crippen molar-refractivity contribution < 1.29 is 4.92 Å². The number of piperazine rings is 1. The smallest absolute Gasteiger partial charge is 0.299 e. The van der Waals surface area contributed by atoms with Gasteiger partial charge >= 0.3 is 0 Å². The van der Waals surface area contributed by atoms with Crippen LogP contribution in [0.25, 0.3) is 0 Å². The fourth-order valence-electron chi connectivity index (χ4n) is 3.30. The molecule has 1 aliphatic rings. The Morgan fingerprint density at radius 2 is 2.00 bits per heavy atom. The van der Waals surface area contributed by atoms with E-state index < -0.39 is 6.17 Å². The van der Waals surface area contributed by atoms with Crippen LogP contribution in [-0.4, -0.2) is 35.6 Å². The van der Waals surface area contributed by atoms with Crippen LogP contribution in [0.2, 0.25) is 5.02 Å². The summed E-state index contributed by atoms with van der Waals surface area (Å²) in [6.07, 6.45) is -0.808. The Morgan fingerprint density at radius 1 is 1.24 bits per heavy atom. The summed E-state index contributed by atoms with van der Waals surface area (Å²) < 4.78 is 0. The van der Waals surface area contributed by atoms with Crippen molar-refractivity contribution in [2.24, 2.45) is 0 Å². The van der Waals surface area contributed by atoms with E-state index in [2.05, 4.69) is 11.8 Å². The molecule has 0 bridgehead atoms. The Morgan fingerprint density at radius 3 is 2.68 bits per heavy atom. The second kappa shape index (κ2) is 7.29. The van der Waals surface area contributed by atoms with E-state index >= 15 is 0 Å². The molecule has 132 valence electrons. The summed E-state index contributed by atoms with van der Waals surface area (Å²) in [6.45, 7) is 3.70. The molecular weight excluding hydrogens is 340 g/mol. The monoisotopic (exact) mass is 360 g/mol. The zero-order chi connectivity index (χ0) is 18.0. The molecule has 7 heteroatoms. The average Bonchev–Trinajstić information content (AvgIpc) is 2.60. The summed E-state index contributed by atoms with van der Waals surface area (Å²) in [5.41, 5.74) is 8.29. The topological polar surface area (TPSA) is 75.6 Å². The molecule has 1 heterocycles. The maximum Gasteiger partial charge on any atom is 0.299 e. The molecule has 0 aromatic heterocycles. The Kier molecular flexibility index (Phi) is 5.11. The summed E-state index contributed by atoms with van der Waals surface area (Å²) in [5.74, 6) is 0. The van der Waals surface area contributed by atoms with Gasteiger partial charge in [-0.05, 0) is 42.8 Å². The molecule has 1 aliphatic heterocycles. The van der Waals surface area contributed by atoms with Crippen LogP contribution in [0.4, 0.5) is 11.4 Å². The predicted molar refractivity (Wildman–Crippen MR) is 100 cm³/mol. The van der Waals surface area contributed by atoms with E-state index in [1.54, 1.807) is 12.1 Å². The number of benzene rings is 2. The van der Waals surface area contributed by atoms with Gasteiger partial charge in [0.1, 0.15) is 0 Å². The van der Waals surface area contributed by atoms with Gasteiger partial charge in [0.15, 0.2) is 0 Å². The number of anilines is 2. The van der Waals surface area contributed by atoms with Crippen LogP contribution in [0.1, 0.15) is 18.5 Å². The number of nitro groups is 1. The summed E-state index contributed by atoms with van der Waals surface area (Å²) in [5, 5.41) is 12.3. The first-order valence-corrected chi connectivity index (χ1v) is 8.58.